The van der Waals surface area contributed by atoms with Crippen LogP contribution in [0.5, 0.6) is 0 Å². The van der Waals surface area contributed by atoms with Gasteiger partial charge in [0.05, 0.1) is 17.3 Å². The number of nitrogens with zero attached hydrogens (tertiary/aromatic N) is 5. The Bertz CT molecular complexity index is 1690. The Morgan fingerprint density at radius 1 is 1.05 bits per heavy atom. The molecule has 7 nitrogen and oxygen atoms in total. The zero-order valence-corrected chi connectivity index (χ0v) is 21.9. The Morgan fingerprint density at radius 2 is 1.89 bits per heavy atom. The average Bonchev–Trinajstić information content (AvgIpc) is 3.52. The number of hydrogen-bond acceptors (Lipinski definition) is 4. The maximum atomic E-state index is 15.4. The van der Waals surface area contributed by atoms with E-state index in [2.05, 4.69) is 46.9 Å². The van der Waals surface area contributed by atoms with Crippen molar-refractivity contribution in [2.75, 3.05) is 6.54 Å². The number of aromatic amines is 1. The maximum absolute atomic E-state index is 15.4. The van der Waals surface area contributed by atoms with Crippen molar-refractivity contribution in [1.29, 1.82) is 0 Å². The summed E-state index contributed by atoms with van der Waals surface area (Å²) in [7, 11) is 1.85. The maximum Gasteiger partial charge on any atom is 0.254 e. The fraction of sp³-hybridized carbons (Fsp3) is 0.267. The van der Waals surface area contributed by atoms with E-state index in [0.717, 1.165) is 28.6 Å². The molecule has 1 aliphatic heterocycles. The standard InChI is InChI=1S/C30H29FN6O/c1-30(2,3)22-7-8-24-19(13-22)10-12-37(29(24)38)17-20-6-5-18(14-25(20)31)23-9-11-32-28-26(23)34-27(35-28)21-15-33-36(4)16-21/h5-9,11,13-16H,10,12,17H2,1-4H3,(H,32,34,35). The second kappa shape index (κ2) is 8.90. The Balaban J connectivity index is 1.26. The molecule has 3 aromatic heterocycles. The van der Waals surface area contributed by atoms with Gasteiger partial charge >= 0.3 is 0 Å². The van der Waals surface area contributed by atoms with Crippen LogP contribution in [0.1, 0.15) is 47.8 Å². The van der Waals surface area contributed by atoms with E-state index in [1.807, 2.05) is 37.5 Å². The van der Waals surface area contributed by atoms with Gasteiger partial charge in [-0.25, -0.2) is 14.4 Å². The van der Waals surface area contributed by atoms with Gasteiger partial charge in [0.2, 0.25) is 0 Å². The molecule has 1 amide bonds. The summed E-state index contributed by atoms with van der Waals surface area (Å²) in [6.07, 6.45) is 6.04. The van der Waals surface area contributed by atoms with Gasteiger partial charge in [-0.15, -0.1) is 0 Å². The van der Waals surface area contributed by atoms with Gasteiger partial charge in [-0.2, -0.15) is 5.10 Å². The average molecular weight is 509 g/mol. The highest BCUT2D eigenvalue weighted by atomic mass is 19.1. The molecule has 0 unspecified atom stereocenters. The van der Waals surface area contributed by atoms with Crippen LogP contribution in [-0.2, 0) is 25.4 Å². The zero-order chi connectivity index (χ0) is 26.6. The molecule has 38 heavy (non-hydrogen) atoms. The van der Waals surface area contributed by atoms with Gasteiger partial charge in [0.25, 0.3) is 5.91 Å². The van der Waals surface area contributed by atoms with Crippen molar-refractivity contribution >= 4 is 17.1 Å². The van der Waals surface area contributed by atoms with E-state index in [1.165, 1.54) is 11.6 Å². The molecule has 0 saturated heterocycles. The third kappa shape index (κ3) is 4.26. The number of halogens is 1. The number of hydrogen-bond donors (Lipinski definition) is 1. The van der Waals surface area contributed by atoms with Crippen molar-refractivity contribution in [2.24, 2.45) is 7.05 Å². The van der Waals surface area contributed by atoms with Crippen molar-refractivity contribution in [3.05, 3.63) is 89.1 Å². The van der Waals surface area contributed by atoms with Crippen molar-refractivity contribution in [3.63, 3.8) is 0 Å². The highest BCUT2D eigenvalue weighted by Crippen LogP contribution is 2.31. The second-order valence-corrected chi connectivity index (χ2v) is 11.0. The van der Waals surface area contributed by atoms with Crippen LogP contribution in [0.4, 0.5) is 4.39 Å². The van der Waals surface area contributed by atoms with Crippen molar-refractivity contribution in [2.45, 2.75) is 39.2 Å². The SMILES string of the molecule is Cn1cc(-c2nc3nccc(-c4ccc(CN5CCc6cc(C(C)(C)C)ccc6C5=O)c(F)c4)c3[nH]2)cn1. The highest BCUT2D eigenvalue weighted by molar-refractivity contribution is 5.97. The van der Waals surface area contributed by atoms with Crippen molar-refractivity contribution in [1.82, 2.24) is 29.6 Å². The second-order valence-electron chi connectivity index (χ2n) is 11.0. The largest absolute Gasteiger partial charge is 0.336 e. The number of H-pyrrole nitrogens is 1. The predicted octanol–water partition coefficient (Wildman–Crippen LogP) is 5.66. The van der Waals surface area contributed by atoms with Crippen LogP contribution in [0.15, 0.2) is 61.1 Å². The third-order valence-corrected chi connectivity index (χ3v) is 7.24. The van der Waals surface area contributed by atoms with Gasteiger partial charge in [0.15, 0.2) is 5.65 Å². The fourth-order valence-electron chi connectivity index (χ4n) is 5.03. The quantitative estimate of drug-likeness (QED) is 0.340. The lowest BCUT2D eigenvalue weighted by Crippen LogP contribution is -2.37. The lowest BCUT2D eigenvalue weighted by molar-refractivity contribution is 0.0725. The van der Waals surface area contributed by atoms with Gasteiger partial charge < -0.3 is 9.88 Å². The Kier molecular flexibility index (Phi) is 5.63. The summed E-state index contributed by atoms with van der Waals surface area (Å²) < 4.78 is 17.1. The van der Waals surface area contributed by atoms with Gasteiger partial charge in [0, 0.05) is 49.2 Å². The fourth-order valence-corrected chi connectivity index (χ4v) is 5.03. The summed E-state index contributed by atoms with van der Waals surface area (Å²) >= 11 is 0. The molecule has 0 fully saturated rings. The summed E-state index contributed by atoms with van der Waals surface area (Å²) in [4.78, 5) is 27.2. The number of imidazole rings is 1. The molecule has 0 aliphatic carbocycles. The van der Waals surface area contributed by atoms with Gasteiger partial charge in [-0.3, -0.25) is 9.48 Å². The normalized spacial score (nSPS) is 13.8. The van der Waals surface area contributed by atoms with Crippen LogP contribution < -0.4 is 0 Å². The number of carbonyl (C=O) groups is 1. The molecule has 0 saturated carbocycles. The van der Waals surface area contributed by atoms with Crippen LogP contribution in [-0.4, -0.2) is 42.1 Å². The van der Waals surface area contributed by atoms with Crippen LogP contribution in [0.25, 0.3) is 33.7 Å². The molecule has 8 heteroatoms. The lowest BCUT2D eigenvalue weighted by atomic mass is 9.84. The predicted molar refractivity (Wildman–Crippen MR) is 145 cm³/mol. The van der Waals surface area contributed by atoms with Crippen LogP contribution in [0, 0.1) is 5.82 Å². The number of amides is 1. The number of rotatable bonds is 4. The number of fused-ring (bicyclic) bond motifs is 2. The molecule has 2 aromatic carbocycles. The van der Waals surface area contributed by atoms with E-state index in [-0.39, 0.29) is 23.7 Å². The monoisotopic (exact) mass is 508 g/mol. The van der Waals surface area contributed by atoms with E-state index < -0.39 is 0 Å². The minimum Gasteiger partial charge on any atom is -0.336 e. The molecule has 5 aromatic rings. The highest BCUT2D eigenvalue weighted by Gasteiger charge is 2.27. The first-order valence-electron chi connectivity index (χ1n) is 12.7. The first-order chi connectivity index (χ1) is 18.2. The molecule has 0 spiro atoms. The molecule has 1 aliphatic rings. The minimum atomic E-state index is -0.346. The smallest absolute Gasteiger partial charge is 0.254 e. The molecular weight excluding hydrogens is 479 g/mol. The third-order valence-electron chi connectivity index (χ3n) is 7.24. The molecule has 4 heterocycles. The van der Waals surface area contributed by atoms with Crippen molar-refractivity contribution in [3.8, 4) is 22.5 Å². The van der Waals surface area contributed by atoms with E-state index in [0.29, 0.717) is 34.7 Å². The lowest BCUT2D eigenvalue weighted by Gasteiger charge is -2.30. The molecule has 192 valence electrons. The van der Waals surface area contributed by atoms with Gasteiger partial charge in [-0.05, 0) is 46.7 Å². The Hall–Kier alpha value is -4.33. The number of aromatic nitrogens is 5. The number of nitrogens with one attached hydrogen (secondary N) is 1. The van der Waals surface area contributed by atoms with Crippen molar-refractivity contribution < 1.29 is 9.18 Å². The van der Waals surface area contributed by atoms with Crippen LogP contribution in [0.2, 0.25) is 0 Å². The molecule has 1 N–H and O–H groups in total. The topological polar surface area (TPSA) is 79.7 Å². The molecule has 0 atom stereocenters. The molecule has 0 bridgehead atoms. The van der Waals surface area contributed by atoms with E-state index in [9.17, 15) is 4.79 Å². The van der Waals surface area contributed by atoms with E-state index in [4.69, 9.17) is 0 Å². The number of pyridine rings is 1. The number of aryl methyl sites for hydroxylation is 1. The van der Waals surface area contributed by atoms with Gasteiger partial charge in [0.1, 0.15) is 11.6 Å². The molecule has 6 rings (SSSR count). The molecule has 0 radical (unpaired) electrons. The minimum absolute atomic E-state index is 0.0248. The Morgan fingerprint density at radius 3 is 2.63 bits per heavy atom. The van der Waals surface area contributed by atoms with E-state index in [1.54, 1.807) is 28.0 Å². The summed E-state index contributed by atoms with van der Waals surface area (Å²) in [6.45, 7) is 7.30. The number of carbonyl (C=O) groups excluding carboxylic acids is 1. The van der Waals surface area contributed by atoms with Gasteiger partial charge in [-0.1, -0.05) is 45.0 Å². The summed E-state index contributed by atoms with van der Waals surface area (Å²) in [5.41, 5.74) is 7.17. The number of benzene rings is 2. The van der Waals surface area contributed by atoms with Crippen LogP contribution in [0.3, 0.4) is 0 Å². The first kappa shape index (κ1) is 24.0. The Labute approximate surface area is 220 Å². The summed E-state index contributed by atoms with van der Waals surface area (Å²) in [5.74, 6) is 0.260. The van der Waals surface area contributed by atoms with Crippen LogP contribution >= 0.6 is 0 Å². The summed E-state index contributed by atoms with van der Waals surface area (Å²) in [5, 5.41) is 4.20. The first-order valence-corrected chi connectivity index (χ1v) is 12.7. The molecular formula is C30H29FN6O. The van der Waals surface area contributed by atoms with E-state index >= 15 is 4.39 Å². The zero-order valence-electron chi connectivity index (χ0n) is 21.9. The summed E-state index contributed by atoms with van der Waals surface area (Å²) in [6, 6.07) is 13.1.